The van der Waals surface area contributed by atoms with Crippen LogP contribution in [0.4, 0.5) is 0 Å². The first-order chi connectivity index (χ1) is 8.58. The van der Waals surface area contributed by atoms with Crippen LogP contribution in [0.5, 0.6) is 0 Å². The van der Waals surface area contributed by atoms with Gasteiger partial charge in [-0.2, -0.15) is 0 Å². The minimum absolute atomic E-state index is 0.0754. The number of esters is 2. The number of ether oxygens (including phenoxy) is 2. The largest absolute Gasteiger partial charge is 0.469 e. The van der Waals surface area contributed by atoms with Gasteiger partial charge < -0.3 is 9.47 Å². The molecule has 0 rings (SSSR count). The summed E-state index contributed by atoms with van der Waals surface area (Å²) >= 11 is 0. The van der Waals surface area contributed by atoms with Crippen molar-refractivity contribution in [3.05, 3.63) is 0 Å². The molecule has 0 fully saturated rings. The summed E-state index contributed by atoms with van der Waals surface area (Å²) in [6.07, 6.45) is 9.29. The van der Waals surface area contributed by atoms with Crippen molar-refractivity contribution < 1.29 is 19.1 Å². The summed E-state index contributed by atoms with van der Waals surface area (Å²) in [6.45, 7) is 3.58. The number of methoxy groups -OCH3 is 2. The van der Waals surface area contributed by atoms with Crippen LogP contribution in [0.3, 0.4) is 0 Å². The van der Waals surface area contributed by atoms with Crippen molar-refractivity contribution in [2.75, 3.05) is 14.2 Å². The Kier molecular flexibility index (Phi) is 17.1. The van der Waals surface area contributed by atoms with Crippen molar-refractivity contribution in [2.45, 2.75) is 65.2 Å². The zero-order chi connectivity index (χ0) is 14.2. The van der Waals surface area contributed by atoms with E-state index in [4.69, 9.17) is 0 Å². The van der Waals surface area contributed by atoms with E-state index in [0.29, 0.717) is 6.42 Å². The Morgan fingerprint density at radius 1 is 0.833 bits per heavy atom. The van der Waals surface area contributed by atoms with Gasteiger partial charge in [-0.05, 0) is 6.42 Å². The molecule has 0 amide bonds. The fourth-order valence-corrected chi connectivity index (χ4v) is 1.33. The lowest BCUT2D eigenvalue weighted by molar-refractivity contribution is -0.141. The number of unbranched alkanes of at least 4 members (excludes halogenated alkanes) is 6. The van der Waals surface area contributed by atoms with Crippen LogP contribution < -0.4 is 0 Å². The topological polar surface area (TPSA) is 52.6 Å². The van der Waals surface area contributed by atoms with Gasteiger partial charge in [0.2, 0.25) is 0 Å². The molecule has 0 radical (unpaired) electrons. The van der Waals surface area contributed by atoms with Crippen LogP contribution in [0.25, 0.3) is 0 Å². The molecule has 0 atom stereocenters. The maximum absolute atomic E-state index is 10.7. The van der Waals surface area contributed by atoms with E-state index >= 15 is 0 Å². The zero-order valence-electron chi connectivity index (χ0n) is 12.3. The Morgan fingerprint density at radius 3 is 1.67 bits per heavy atom. The number of carbonyl (C=O) groups is 2. The Balaban J connectivity index is 0. The minimum atomic E-state index is -0.245. The molecule has 18 heavy (non-hydrogen) atoms. The summed E-state index contributed by atoms with van der Waals surface area (Å²) in [5, 5.41) is 0. The molecule has 0 bridgehead atoms. The van der Waals surface area contributed by atoms with Crippen LogP contribution >= 0.6 is 0 Å². The molecule has 0 heterocycles. The van der Waals surface area contributed by atoms with Crippen molar-refractivity contribution in [3.63, 3.8) is 0 Å². The first-order valence-electron chi connectivity index (χ1n) is 6.69. The predicted molar refractivity (Wildman–Crippen MR) is 72.3 cm³/mol. The van der Waals surface area contributed by atoms with E-state index in [-0.39, 0.29) is 11.9 Å². The number of hydrogen-bond acceptors (Lipinski definition) is 4. The molecule has 4 nitrogen and oxygen atoms in total. The van der Waals surface area contributed by atoms with Crippen LogP contribution in [0.1, 0.15) is 65.2 Å². The molecule has 0 saturated carbocycles. The van der Waals surface area contributed by atoms with Crippen LogP contribution in [0.2, 0.25) is 0 Å². The Hall–Kier alpha value is -1.06. The van der Waals surface area contributed by atoms with E-state index in [1.54, 1.807) is 0 Å². The lowest BCUT2D eigenvalue weighted by Crippen LogP contribution is -1.99. The third-order valence-electron chi connectivity index (χ3n) is 2.50. The summed E-state index contributed by atoms with van der Waals surface area (Å²) in [4.78, 5) is 20.3. The maximum Gasteiger partial charge on any atom is 0.305 e. The average molecular weight is 260 g/mol. The van der Waals surface area contributed by atoms with Gasteiger partial charge in [-0.15, -0.1) is 0 Å². The molecule has 108 valence electrons. The second-order valence-corrected chi connectivity index (χ2v) is 4.14. The molecule has 0 saturated heterocycles. The highest BCUT2D eigenvalue weighted by atomic mass is 16.5. The van der Waals surface area contributed by atoms with E-state index in [1.807, 2.05) is 0 Å². The van der Waals surface area contributed by atoms with E-state index in [1.165, 1.54) is 59.7 Å². The van der Waals surface area contributed by atoms with Crippen molar-refractivity contribution in [3.8, 4) is 0 Å². The summed E-state index contributed by atoms with van der Waals surface area (Å²) in [6, 6.07) is 0. The van der Waals surface area contributed by atoms with Crippen LogP contribution in [-0.4, -0.2) is 26.2 Å². The van der Waals surface area contributed by atoms with E-state index in [2.05, 4.69) is 16.4 Å². The van der Waals surface area contributed by atoms with E-state index < -0.39 is 0 Å². The first-order valence-corrected chi connectivity index (χ1v) is 6.69. The zero-order valence-corrected chi connectivity index (χ0v) is 12.3. The normalized spacial score (nSPS) is 9.11. The molecule has 0 aromatic rings. The van der Waals surface area contributed by atoms with Crippen LogP contribution in [-0.2, 0) is 19.1 Å². The third-order valence-corrected chi connectivity index (χ3v) is 2.50. The molecule has 0 aliphatic rings. The lowest BCUT2D eigenvalue weighted by Gasteiger charge is -2.00. The fraction of sp³-hybridized carbons (Fsp3) is 0.857. The second-order valence-electron chi connectivity index (χ2n) is 4.14. The van der Waals surface area contributed by atoms with Crippen molar-refractivity contribution >= 4 is 11.9 Å². The van der Waals surface area contributed by atoms with Crippen LogP contribution in [0, 0.1) is 0 Å². The monoisotopic (exact) mass is 260 g/mol. The molecular weight excluding hydrogens is 232 g/mol. The smallest absolute Gasteiger partial charge is 0.305 e. The van der Waals surface area contributed by atoms with Gasteiger partial charge in [0.1, 0.15) is 0 Å². The molecule has 0 aliphatic carbocycles. The Bertz CT molecular complexity index is 202. The highest BCUT2D eigenvalue weighted by Crippen LogP contribution is 2.08. The van der Waals surface area contributed by atoms with Crippen molar-refractivity contribution in [1.82, 2.24) is 0 Å². The number of rotatable bonds is 8. The molecule has 0 aliphatic heterocycles. The van der Waals surface area contributed by atoms with Crippen molar-refractivity contribution in [1.29, 1.82) is 0 Å². The average Bonchev–Trinajstić information content (AvgIpc) is 2.38. The molecular formula is C14H28O4. The molecule has 0 aromatic heterocycles. The molecule has 0 spiro atoms. The molecule has 4 heteroatoms. The van der Waals surface area contributed by atoms with E-state index in [0.717, 1.165) is 6.42 Å². The third kappa shape index (κ3) is 20.4. The second kappa shape index (κ2) is 15.9. The van der Waals surface area contributed by atoms with Gasteiger partial charge in [0.25, 0.3) is 0 Å². The fourth-order valence-electron chi connectivity index (χ4n) is 1.33. The van der Waals surface area contributed by atoms with Gasteiger partial charge in [0.15, 0.2) is 0 Å². The molecule has 0 unspecified atom stereocenters. The van der Waals surface area contributed by atoms with Gasteiger partial charge in [-0.1, -0.05) is 45.4 Å². The van der Waals surface area contributed by atoms with Gasteiger partial charge in [0, 0.05) is 13.3 Å². The lowest BCUT2D eigenvalue weighted by atomic mass is 10.1. The van der Waals surface area contributed by atoms with Crippen LogP contribution in [0.15, 0.2) is 0 Å². The first kappa shape index (κ1) is 19.3. The highest BCUT2D eigenvalue weighted by molar-refractivity contribution is 5.68. The molecule has 0 N–H and O–H groups in total. The van der Waals surface area contributed by atoms with E-state index in [9.17, 15) is 9.59 Å². The van der Waals surface area contributed by atoms with Gasteiger partial charge >= 0.3 is 11.9 Å². The van der Waals surface area contributed by atoms with Crippen molar-refractivity contribution in [2.24, 2.45) is 0 Å². The summed E-state index contributed by atoms with van der Waals surface area (Å²) in [7, 11) is 2.80. The van der Waals surface area contributed by atoms with Gasteiger partial charge in [0.05, 0.1) is 14.2 Å². The minimum Gasteiger partial charge on any atom is -0.469 e. The quantitative estimate of drug-likeness (QED) is 0.495. The summed E-state index contributed by atoms with van der Waals surface area (Å²) in [5.74, 6) is -0.321. The van der Waals surface area contributed by atoms with Gasteiger partial charge in [-0.3, -0.25) is 9.59 Å². The predicted octanol–water partition coefficient (Wildman–Crippen LogP) is 3.48. The summed E-state index contributed by atoms with van der Waals surface area (Å²) in [5.41, 5.74) is 0. The Labute approximate surface area is 111 Å². The Morgan fingerprint density at radius 2 is 1.28 bits per heavy atom. The highest BCUT2D eigenvalue weighted by Gasteiger charge is 1.98. The number of carbonyl (C=O) groups excluding carboxylic acids is 2. The summed E-state index contributed by atoms with van der Waals surface area (Å²) < 4.78 is 8.67. The SMILES string of the molecule is CCCCCCCCCC(=O)OC.COC(C)=O. The number of hydrogen-bond donors (Lipinski definition) is 0. The molecule has 0 aromatic carbocycles. The standard InChI is InChI=1S/C11H22O2.C3H6O2/c1-3-4-5-6-7-8-9-10-11(12)13-2;1-3(4)5-2/h3-10H2,1-2H3;1-2H3. The maximum atomic E-state index is 10.7. The van der Waals surface area contributed by atoms with Gasteiger partial charge in [-0.25, -0.2) is 0 Å².